The number of carboxylic acids is 1. The van der Waals surface area contributed by atoms with E-state index in [1.54, 1.807) is 57.2 Å². The summed E-state index contributed by atoms with van der Waals surface area (Å²) < 4.78 is 40.3. The fraction of sp³-hybridized carbons (Fsp3) is 0.462. The number of carbonyl (C=O) groups excluding carboxylic acids is 1. The van der Waals surface area contributed by atoms with E-state index < -0.39 is 33.7 Å². The van der Waals surface area contributed by atoms with E-state index in [4.69, 9.17) is 14.6 Å². The number of nitrogens with zero attached hydrogens (tertiary/aromatic N) is 1. The number of carboxylic acid groups (broad SMARTS) is 1. The van der Waals surface area contributed by atoms with Crippen LogP contribution in [0.25, 0.3) is 0 Å². The smallest absolute Gasteiger partial charge is 0.310 e. The molecule has 1 fully saturated rings. The third-order valence-electron chi connectivity index (χ3n) is 5.90. The number of hydrogen-bond donors (Lipinski definition) is 1. The Labute approximate surface area is 205 Å². The zero-order valence-corrected chi connectivity index (χ0v) is 21.0. The highest BCUT2D eigenvalue weighted by molar-refractivity contribution is 7.92. The van der Waals surface area contributed by atoms with Gasteiger partial charge in [-0.1, -0.05) is 18.2 Å². The molecule has 1 saturated carbocycles. The minimum Gasteiger partial charge on any atom is -0.486 e. The van der Waals surface area contributed by atoms with Crippen molar-refractivity contribution in [2.24, 2.45) is 0 Å². The van der Waals surface area contributed by atoms with Gasteiger partial charge in [0, 0.05) is 6.42 Å². The SMILES string of the molecule is CC(C)(C)OC(=O)Cc1ccc2c(c1)N(S(=O)(=O)c1cccc(C3CC3)c1)C[C@H](CCC(=O)O)O2. The van der Waals surface area contributed by atoms with Crippen molar-refractivity contribution >= 4 is 27.6 Å². The second-order valence-electron chi connectivity index (χ2n) is 10.1. The van der Waals surface area contributed by atoms with E-state index in [-0.39, 0.29) is 30.7 Å². The van der Waals surface area contributed by atoms with Crippen molar-refractivity contribution < 1.29 is 32.6 Å². The van der Waals surface area contributed by atoms with Gasteiger partial charge in [0.2, 0.25) is 0 Å². The average Bonchev–Trinajstić information content (AvgIpc) is 3.61. The van der Waals surface area contributed by atoms with E-state index >= 15 is 0 Å². The first kappa shape index (κ1) is 25.0. The van der Waals surface area contributed by atoms with E-state index in [9.17, 15) is 18.0 Å². The van der Waals surface area contributed by atoms with Gasteiger partial charge in [-0.3, -0.25) is 13.9 Å². The maximum Gasteiger partial charge on any atom is 0.310 e. The van der Waals surface area contributed by atoms with Crippen LogP contribution in [0.5, 0.6) is 5.75 Å². The molecule has 35 heavy (non-hydrogen) atoms. The molecule has 1 aliphatic heterocycles. The minimum absolute atomic E-state index is 0.0158. The zero-order valence-electron chi connectivity index (χ0n) is 20.2. The molecule has 0 spiro atoms. The molecule has 0 saturated heterocycles. The lowest BCUT2D eigenvalue weighted by Crippen LogP contribution is -2.43. The summed E-state index contributed by atoms with van der Waals surface area (Å²) in [5.41, 5.74) is 1.29. The van der Waals surface area contributed by atoms with Crippen molar-refractivity contribution in [3.63, 3.8) is 0 Å². The maximum absolute atomic E-state index is 13.8. The fourth-order valence-electron chi connectivity index (χ4n) is 4.15. The molecule has 8 nitrogen and oxygen atoms in total. The fourth-order valence-corrected chi connectivity index (χ4v) is 5.70. The predicted molar refractivity (Wildman–Crippen MR) is 130 cm³/mol. The lowest BCUT2D eigenvalue weighted by atomic mass is 10.1. The number of hydrogen-bond acceptors (Lipinski definition) is 6. The third kappa shape index (κ3) is 6.14. The Morgan fingerprint density at radius 3 is 2.54 bits per heavy atom. The Morgan fingerprint density at radius 1 is 1.14 bits per heavy atom. The van der Waals surface area contributed by atoms with Crippen LogP contribution in [0.4, 0.5) is 5.69 Å². The highest BCUT2D eigenvalue weighted by Crippen LogP contribution is 2.42. The van der Waals surface area contributed by atoms with Crippen molar-refractivity contribution in [3.05, 3.63) is 53.6 Å². The van der Waals surface area contributed by atoms with E-state index in [0.717, 1.165) is 18.4 Å². The highest BCUT2D eigenvalue weighted by atomic mass is 32.2. The van der Waals surface area contributed by atoms with Gasteiger partial charge in [-0.2, -0.15) is 0 Å². The molecule has 1 heterocycles. The summed E-state index contributed by atoms with van der Waals surface area (Å²) in [6, 6.07) is 12.0. The number of rotatable bonds is 8. The number of anilines is 1. The highest BCUT2D eigenvalue weighted by Gasteiger charge is 2.36. The minimum atomic E-state index is -3.96. The lowest BCUT2D eigenvalue weighted by Gasteiger charge is -2.35. The van der Waals surface area contributed by atoms with Crippen molar-refractivity contribution in [1.29, 1.82) is 0 Å². The standard InChI is InChI=1S/C26H31NO7S/c1-26(2,3)34-25(30)14-17-7-11-23-22(13-17)27(16-20(33-23)10-12-24(28)29)35(31,32)21-6-4-5-19(15-21)18-8-9-18/h4-7,11,13,15,18,20H,8-10,12,14,16H2,1-3H3,(H,28,29)/t20-/m0/s1. The van der Waals surface area contributed by atoms with Crippen LogP contribution in [0.3, 0.4) is 0 Å². The Balaban J connectivity index is 1.68. The monoisotopic (exact) mass is 501 g/mol. The average molecular weight is 502 g/mol. The number of aliphatic carboxylic acids is 1. The number of fused-ring (bicyclic) bond motifs is 1. The molecule has 2 aromatic rings. The summed E-state index contributed by atoms with van der Waals surface area (Å²) in [6.45, 7) is 5.33. The first-order valence-corrected chi connectivity index (χ1v) is 13.2. The van der Waals surface area contributed by atoms with Crippen molar-refractivity contribution in [3.8, 4) is 5.75 Å². The van der Waals surface area contributed by atoms with Crippen LogP contribution in [-0.2, 0) is 30.8 Å². The van der Waals surface area contributed by atoms with E-state index in [1.807, 2.05) is 6.07 Å². The molecule has 0 aromatic heterocycles. The summed E-state index contributed by atoms with van der Waals surface area (Å²) in [5, 5.41) is 9.10. The lowest BCUT2D eigenvalue weighted by molar-refractivity contribution is -0.154. The maximum atomic E-state index is 13.8. The van der Waals surface area contributed by atoms with Gasteiger partial charge >= 0.3 is 11.9 Å². The number of carbonyl (C=O) groups is 2. The Kier molecular flexibility index (Phi) is 6.81. The third-order valence-corrected chi connectivity index (χ3v) is 7.67. The van der Waals surface area contributed by atoms with E-state index in [2.05, 4.69) is 0 Å². The largest absolute Gasteiger partial charge is 0.486 e. The molecular formula is C26H31NO7S. The molecule has 0 radical (unpaired) electrons. The molecule has 0 amide bonds. The molecule has 2 aliphatic rings. The van der Waals surface area contributed by atoms with Gasteiger partial charge < -0.3 is 14.6 Å². The van der Waals surface area contributed by atoms with Crippen molar-refractivity contribution in [2.75, 3.05) is 10.8 Å². The molecular weight excluding hydrogens is 470 g/mol. The van der Waals surface area contributed by atoms with Crippen LogP contribution < -0.4 is 9.04 Å². The number of sulfonamides is 1. The zero-order chi connectivity index (χ0) is 25.4. The first-order valence-electron chi connectivity index (χ1n) is 11.8. The molecule has 4 rings (SSSR count). The van der Waals surface area contributed by atoms with Crippen LogP contribution in [0.2, 0.25) is 0 Å². The van der Waals surface area contributed by atoms with E-state index in [1.165, 1.54) is 4.31 Å². The van der Waals surface area contributed by atoms with Crippen LogP contribution in [0, 0.1) is 0 Å². The van der Waals surface area contributed by atoms with Gasteiger partial charge in [-0.15, -0.1) is 0 Å². The molecule has 1 atom stereocenters. The number of ether oxygens (including phenoxy) is 2. The second kappa shape index (κ2) is 9.53. The summed E-state index contributed by atoms with van der Waals surface area (Å²) in [5.74, 6) is -0.661. The molecule has 0 bridgehead atoms. The second-order valence-corrected chi connectivity index (χ2v) is 12.0. The Morgan fingerprint density at radius 2 is 1.89 bits per heavy atom. The van der Waals surface area contributed by atoms with Gasteiger partial charge in [-0.25, -0.2) is 8.42 Å². The number of esters is 1. The molecule has 2 aromatic carbocycles. The molecule has 0 unspecified atom stereocenters. The van der Waals surface area contributed by atoms with Gasteiger partial charge in [0.25, 0.3) is 10.0 Å². The molecule has 1 N–H and O–H groups in total. The first-order chi connectivity index (χ1) is 16.4. The van der Waals surface area contributed by atoms with Crippen LogP contribution in [-0.4, -0.2) is 43.7 Å². The summed E-state index contributed by atoms with van der Waals surface area (Å²) >= 11 is 0. The van der Waals surface area contributed by atoms with Gasteiger partial charge in [0.1, 0.15) is 17.5 Å². The molecule has 1 aliphatic carbocycles. The predicted octanol–water partition coefficient (Wildman–Crippen LogP) is 4.27. The van der Waals surface area contributed by atoms with Gasteiger partial charge in [0.05, 0.1) is 23.5 Å². The Bertz CT molecular complexity index is 1230. The van der Waals surface area contributed by atoms with Crippen molar-refractivity contribution in [2.45, 2.75) is 75.4 Å². The van der Waals surface area contributed by atoms with Crippen LogP contribution in [0.15, 0.2) is 47.4 Å². The summed E-state index contributed by atoms with van der Waals surface area (Å²) in [6.07, 6.45) is 1.50. The normalized spacial score (nSPS) is 17.9. The molecule has 188 valence electrons. The van der Waals surface area contributed by atoms with Crippen LogP contribution >= 0.6 is 0 Å². The van der Waals surface area contributed by atoms with Crippen molar-refractivity contribution in [1.82, 2.24) is 0 Å². The molecule has 9 heteroatoms. The summed E-state index contributed by atoms with van der Waals surface area (Å²) in [4.78, 5) is 23.7. The quantitative estimate of drug-likeness (QED) is 0.538. The van der Waals surface area contributed by atoms with Gasteiger partial charge in [-0.05, 0) is 81.3 Å². The topological polar surface area (TPSA) is 110 Å². The summed E-state index contributed by atoms with van der Waals surface area (Å²) in [7, 11) is -3.96. The van der Waals surface area contributed by atoms with Gasteiger partial charge in [0.15, 0.2) is 0 Å². The van der Waals surface area contributed by atoms with Crippen LogP contribution in [0.1, 0.15) is 63.5 Å². The number of benzene rings is 2. The van der Waals surface area contributed by atoms with E-state index in [0.29, 0.717) is 22.9 Å². The Hall–Kier alpha value is -3.07.